The molecule has 12 aromatic rings. The lowest BCUT2D eigenvalue weighted by Crippen LogP contribution is -2.25. The van der Waals surface area contributed by atoms with Crippen molar-refractivity contribution in [3.05, 3.63) is 208 Å². The number of thiophene rings is 6. The van der Waals surface area contributed by atoms with Gasteiger partial charge in [-0.3, -0.25) is 4.79 Å². The number of carbonyl (C=O) groups excluding carboxylic acids is 3. The van der Waals surface area contributed by atoms with Crippen LogP contribution in [0.2, 0.25) is 0 Å². The normalized spacial score (nSPS) is 11.0. The van der Waals surface area contributed by atoms with E-state index in [9.17, 15) is 14.4 Å². The molecule has 0 atom stereocenters. The van der Waals surface area contributed by atoms with Gasteiger partial charge in [-0.25, -0.2) is 9.59 Å². The number of alkyl carbamates (subject to hydrolysis) is 1. The summed E-state index contributed by atoms with van der Waals surface area (Å²) in [5.41, 5.74) is 12.2. The van der Waals surface area contributed by atoms with Crippen LogP contribution in [0, 0.1) is 52.9 Å². The van der Waals surface area contributed by atoms with Crippen molar-refractivity contribution in [2.45, 2.75) is 73.1 Å². The number of methoxy groups -OCH3 is 3. The molecule has 2 amide bonds. The molecule has 19 heteroatoms. The van der Waals surface area contributed by atoms with Crippen molar-refractivity contribution in [1.82, 2.24) is 10.6 Å². The molecule has 0 aliphatic carbocycles. The van der Waals surface area contributed by atoms with Crippen LogP contribution in [0.3, 0.4) is 0 Å². The Bertz CT molecular complexity index is 4250. The van der Waals surface area contributed by atoms with E-state index in [0.717, 1.165) is 37.9 Å². The second-order valence-electron chi connectivity index (χ2n) is 19.8. The third-order valence-corrected chi connectivity index (χ3v) is 21.3. The maximum atomic E-state index is 11.8. The molecule has 0 bridgehead atoms. The first-order valence-corrected chi connectivity index (χ1v) is 34.7. The van der Waals surface area contributed by atoms with Crippen LogP contribution in [-0.4, -0.2) is 64.5 Å². The zero-order valence-corrected chi connectivity index (χ0v) is 58.4. The van der Waals surface area contributed by atoms with E-state index >= 15 is 0 Å². The van der Waals surface area contributed by atoms with Crippen molar-refractivity contribution in [2.24, 2.45) is 5.73 Å². The van der Waals surface area contributed by atoms with Gasteiger partial charge in [-0.05, 0) is 171 Å². The first kappa shape index (κ1) is 71.6. The van der Waals surface area contributed by atoms with Crippen molar-refractivity contribution in [2.75, 3.05) is 47.0 Å². The van der Waals surface area contributed by atoms with Gasteiger partial charge in [-0.2, -0.15) is 5.26 Å². The van der Waals surface area contributed by atoms with Crippen LogP contribution in [-0.2, 0) is 45.8 Å². The van der Waals surface area contributed by atoms with Gasteiger partial charge < -0.3 is 30.6 Å². The molecule has 0 radical (unpaired) electrons. The molecular weight excluding hydrogens is 1290 g/mol. The van der Waals surface area contributed by atoms with Crippen LogP contribution in [0.25, 0.3) is 60.5 Å². The molecule has 1 aliphatic heterocycles. The van der Waals surface area contributed by atoms with Crippen molar-refractivity contribution >= 4 is 181 Å². The van der Waals surface area contributed by atoms with Crippen LogP contribution < -0.4 is 16.4 Å². The molecule has 89 heavy (non-hydrogen) atoms. The molecule has 4 N–H and O–H groups in total. The number of hydrogen-bond donors (Lipinski definition) is 3. The van der Waals surface area contributed by atoms with Crippen molar-refractivity contribution in [3.63, 3.8) is 0 Å². The van der Waals surface area contributed by atoms with Crippen LogP contribution in [0.1, 0.15) is 67.4 Å². The summed E-state index contributed by atoms with van der Waals surface area (Å²) in [7, 11) is 4.14. The van der Waals surface area contributed by atoms with E-state index in [1.54, 1.807) is 41.1 Å². The summed E-state index contributed by atoms with van der Waals surface area (Å²) >= 11 is 26.3. The Morgan fingerprint density at radius 1 is 0.584 bits per heavy atom. The average molecular weight is 1370 g/mol. The molecule has 10 nitrogen and oxygen atoms in total. The maximum Gasteiger partial charge on any atom is 0.406 e. The van der Waals surface area contributed by atoms with Gasteiger partial charge in [0.15, 0.2) is 0 Å². The summed E-state index contributed by atoms with van der Waals surface area (Å²) in [5, 5.41) is 22.1. The van der Waals surface area contributed by atoms with Gasteiger partial charge >= 0.3 is 11.5 Å². The smallest absolute Gasteiger partial charge is 0.406 e. The topological polar surface area (TPSA) is 153 Å². The van der Waals surface area contributed by atoms with Crippen molar-refractivity contribution < 1.29 is 28.6 Å². The Kier molecular flexibility index (Phi) is 29.8. The van der Waals surface area contributed by atoms with Gasteiger partial charge in [0.1, 0.15) is 6.07 Å². The molecule has 0 unspecified atom stereocenters. The van der Waals surface area contributed by atoms with Crippen LogP contribution >= 0.6 is 103 Å². The minimum Gasteiger partial charge on any atom is -0.457 e. The monoisotopic (exact) mass is 1360 g/mol. The van der Waals surface area contributed by atoms with Crippen LogP contribution in [0.4, 0.5) is 9.59 Å². The zero-order valence-electron chi connectivity index (χ0n) is 51.3. The number of fused-ring (bicyclic) bond motifs is 5. The highest BCUT2D eigenvalue weighted by Crippen LogP contribution is 2.36. The summed E-state index contributed by atoms with van der Waals surface area (Å²) < 4.78 is 20.6. The first-order chi connectivity index (χ1) is 43.0. The standard InChI is InChI=1S/C13H15NO2S.C12H11NOS.C11H13NS.C11H9NS.C10H9ClS.C9H8S.C2H3ClO2.C2H5ClO/c1-9-10(7-8-14-13(15)16-2)11-5-3-4-6-12(11)17-9;1-7-8-5-6-13-12(14)9-3-2-4-10(15-7)11(8)9;2*1-8-9(6-7-12)10-4-2-3-5-11(10)13-8;1-7-9(6-11)8-4-2-3-5-10(8)12-7;1-7-6-8-4-2-3-5-9(8)10-7;1-5-2(3)4;1-4-2-3/h3-6H,7-8H2,1-2H3,(H,14,15);2-4H,5-6H2,1H3,(H,13,14);2-5H,6-7,12H2,1H3;2-5H,6H2,1H3;2-5H,6H2,1H3;2-6H,1H3;1H3;2H2,1H3. The molecule has 1 aliphatic rings. The van der Waals surface area contributed by atoms with E-state index < -0.39 is 5.43 Å². The summed E-state index contributed by atoms with van der Waals surface area (Å²) in [6, 6.07) is 52.7. The maximum absolute atomic E-state index is 11.8. The zero-order chi connectivity index (χ0) is 64.4. The number of carbonyl (C=O) groups is 3. The lowest BCUT2D eigenvalue weighted by Gasteiger charge is -2.04. The molecule has 0 saturated heterocycles. The van der Waals surface area contributed by atoms with Crippen LogP contribution in [0.15, 0.2) is 146 Å². The quantitative estimate of drug-likeness (QED) is 0.100. The number of ether oxygens (including phenoxy) is 3. The fourth-order valence-corrected chi connectivity index (χ4v) is 16.7. The van der Waals surface area contributed by atoms with Gasteiger partial charge in [0, 0.05) is 106 Å². The van der Waals surface area contributed by atoms with E-state index in [4.69, 9.17) is 34.2 Å². The number of alkyl halides is 2. The highest BCUT2D eigenvalue weighted by atomic mass is 35.5. The van der Waals surface area contributed by atoms with E-state index in [2.05, 4.69) is 199 Å². The number of nitrogens with two attached hydrogens (primary N) is 1. The summed E-state index contributed by atoms with van der Waals surface area (Å²) in [5.74, 6) is 0.688. The molecule has 6 aromatic heterocycles. The number of benzene rings is 6. The fourth-order valence-electron chi connectivity index (χ4n) is 9.81. The molecule has 0 spiro atoms. The van der Waals surface area contributed by atoms with Gasteiger partial charge in [-0.1, -0.05) is 109 Å². The molecule has 6 aromatic carbocycles. The fraction of sp³-hybridized carbons (Fsp3) is 0.257. The Morgan fingerprint density at radius 3 is 1.49 bits per heavy atom. The van der Waals surface area contributed by atoms with Gasteiger partial charge in [-0.15, -0.1) is 79.6 Å². The number of nitrogens with zero attached hydrogens (tertiary/aromatic N) is 1. The Morgan fingerprint density at radius 2 is 1.02 bits per heavy atom. The van der Waals surface area contributed by atoms with E-state index in [0.29, 0.717) is 24.9 Å². The number of aryl methyl sites for hydroxylation is 6. The van der Waals surface area contributed by atoms with Crippen molar-refractivity contribution in [3.8, 4) is 6.07 Å². The highest BCUT2D eigenvalue weighted by molar-refractivity contribution is 7.21. The van der Waals surface area contributed by atoms with E-state index in [1.807, 2.05) is 64.3 Å². The summed E-state index contributed by atoms with van der Waals surface area (Å²) in [4.78, 5) is 40.2. The predicted octanol–water partition coefficient (Wildman–Crippen LogP) is 20.6. The van der Waals surface area contributed by atoms with E-state index in [1.165, 1.54) is 132 Å². The third kappa shape index (κ3) is 20.3. The van der Waals surface area contributed by atoms with Gasteiger partial charge in [0.2, 0.25) is 0 Å². The Labute approximate surface area is 560 Å². The minimum atomic E-state index is -0.773. The molecule has 466 valence electrons. The molecule has 7 heterocycles. The number of nitriles is 1. The first-order valence-electron chi connectivity index (χ1n) is 28.4. The molecule has 0 fully saturated rings. The largest absolute Gasteiger partial charge is 0.457 e. The highest BCUT2D eigenvalue weighted by Gasteiger charge is 2.20. The van der Waals surface area contributed by atoms with E-state index in [-0.39, 0.29) is 12.0 Å². The van der Waals surface area contributed by atoms with Crippen LogP contribution in [0.5, 0.6) is 0 Å². The Balaban J connectivity index is 0.000000166. The second kappa shape index (κ2) is 37.0. The SMILES string of the molecule is COC(=O)Cl.COC(=O)NCCc1c(C)sc2ccccc12.COCCl.Cc1cc2ccccc2s1.Cc1sc2cccc3c2c1CCNC3=O.Cc1sc2ccccc2c1CC#N.Cc1sc2ccccc2c1CCN.Cc1sc2ccccc2c1CCl. The second-order valence-corrected chi connectivity index (χ2v) is 28.1. The van der Waals surface area contributed by atoms with Crippen molar-refractivity contribution in [1.29, 1.82) is 5.26 Å². The lowest BCUT2D eigenvalue weighted by molar-refractivity contribution is 0.0957. The lowest BCUT2D eigenvalue weighted by atomic mass is 10.0. The molecule has 13 rings (SSSR count). The molecular formula is C70H73Cl3N4O6S6. The third-order valence-electron chi connectivity index (χ3n) is 14.0. The number of amides is 2. The number of nitrogens with one attached hydrogen (secondary N) is 2. The average Bonchev–Trinajstić information content (AvgIpc) is 2.30. The van der Waals surface area contributed by atoms with Gasteiger partial charge in [0.05, 0.1) is 26.7 Å². The number of hydrogen-bond acceptors (Lipinski definition) is 14. The summed E-state index contributed by atoms with van der Waals surface area (Å²) in [6.45, 7) is 14.9. The van der Waals surface area contributed by atoms with Gasteiger partial charge in [0.25, 0.3) is 5.91 Å². The summed E-state index contributed by atoms with van der Waals surface area (Å²) in [6.07, 6.45) is 2.94. The predicted molar refractivity (Wildman–Crippen MR) is 387 cm³/mol. The number of halogens is 3. The Hall–Kier alpha value is -6.43. The number of rotatable bonds is 8. The minimum absolute atomic E-state index is 0.0668. The molecule has 0 saturated carbocycles.